The highest BCUT2D eigenvalue weighted by atomic mass is 19.1. The predicted octanol–water partition coefficient (Wildman–Crippen LogP) is 3.33. The third-order valence-corrected chi connectivity index (χ3v) is 3.54. The molecule has 124 valence electrons. The lowest BCUT2D eigenvalue weighted by Gasteiger charge is -2.11. The lowest BCUT2D eigenvalue weighted by atomic mass is 10.1. The fraction of sp³-hybridized carbons (Fsp3) is 0.389. The van der Waals surface area contributed by atoms with Crippen LogP contribution >= 0.6 is 0 Å². The quantitative estimate of drug-likeness (QED) is 0.634. The van der Waals surface area contributed by atoms with Crippen LogP contribution in [0.4, 0.5) is 4.39 Å². The summed E-state index contributed by atoms with van der Waals surface area (Å²) in [5, 5.41) is 6.43. The van der Waals surface area contributed by atoms with E-state index >= 15 is 0 Å². The van der Waals surface area contributed by atoms with E-state index in [9.17, 15) is 4.39 Å². The van der Waals surface area contributed by atoms with Crippen LogP contribution in [0.1, 0.15) is 29.6 Å². The molecule has 0 aliphatic rings. The second kappa shape index (κ2) is 8.36. The first-order chi connectivity index (χ1) is 11.1. The van der Waals surface area contributed by atoms with Crippen LogP contribution in [-0.4, -0.2) is 19.0 Å². The number of hydrogen-bond acceptors (Lipinski definition) is 2. The van der Waals surface area contributed by atoms with Gasteiger partial charge in [0.05, 0.1) is 6.54 Å². The van der Waals surface area contributed by atoms with Crippen LogP contribution in [0, 0.1) is 19.7 Å². The van der Waals surface area contributed by atoms with Gasteiger partial charge in [-0.2, -0.15) is 0 Å². The third-order valence-electron chi connectivity index (χ3n) is 3.54. The maximum absolute atomic E-state index is 13.6. The molecule has 0 aliphatic carbocycles. The average molecular weight is 317 g/mol. The first-order valence-electron chi connectivity index (χ1n) is 7.91. The molecule has 2 N–H and O–H groups in total. The van der Waals surface area contributed by atoms with Crippen molar-refractivity contribution in [1.29, 1.82) is 0 Å². The summed E-state index contributed by atoms with van der Waals surface area (Å²) < 4.78 is 19.1. The lowest BCUT2D eigenvalue weighted by Crippen LogP contribution is -2.38. The normalized spacial score (nSPS) is 11.6. The van der Waals surface area contributed by atoms with Gasteiger partial charge in [-0.15, -0.1) is 0 Å². The van der Waals surface area contributed by atoms with Gasteiger partial charge in [-0.3, -0.25) is 0 Å². The minimum Gasteiger partial charge on any atom is -0.466 e. The van der Waals surface area contributed by atoms with Gasteiger partial charge in [0.1, 0.15) is 17.3 Å². The smallest absolute Gasteiger partial charge is 0.191 e. The second-order valence-corrected chi connectivity index (χ2v) is 5.40. The predicted molar refractivity (Wildman–Crippen MR) is 91.1 cm³/mol. The van der Waals surface area contributed by atoms with E-state index < -0.39 is 0 Å². The maximum atomic E-state index is 13.6. The van der Waals surface area contributed by atoms with Crippen LogP contribution in [-0.2, 0) is 13.0 Å². The Morgan fingerprint density at radius 2 is 1.96 bits per heavy atom. The molecule has 0 unspecified atom stereocenters. The zero-order chi connectivity index (χ0) is 16.7. The van der Waals surface area contributed by atoms with Crippen molar-refractivity contribution >= 4 is 5.96 Å². The molecule has 0 bridgehead atoms. The van der Waals surface area contributed by atoms with Gasteiger partial charge >= 0.3 is 0 Å². The van der Waals surface area contributed by atoms with Crippen LogP contribution < -0.4 is 10.6 Å². The molecule has 2 aromatic rings. The number of aliphatic imine (C=N–C) groups is 1. The molecule has 0 aliphatic heterocycles. The highest BCUT2D eigenvalue weighted by Crippen LogP contribution is 2.14. The van der Waals surface area contributed by atoms with E-state index in [2.05, 4.69) is 15.6 Å². The number of aryl methyl sites for hydroxylation is 2. The summed E-state index contributed by atoms with van der Waals surface area (Å²) in [6.07, 6.45) is 0.612. The molecule has 2 rings (SSSR count). The van der Waals surface area contributed by atoms with Gasteiger partial charge in [0.15, 0.2) is 5.96 Å². The molecule has 0 saturated heterocycles. The summed E-state index contributed by atoms with van der Waals surface area (Å²) in [6, 6.07) is 8.84. The lowest BCUT2D eigenvalue weighted by molar-refractivity contribution is 0.501. The highest BCUT2D eigenvalue weighted by molar-refractivity contribution is 5.79. The fourth-order valence-corrected chi connectivity index (χ4v) is 2.36. The summed E-state index contributed by atoms with van der Waals surface area (Å²) in [5.74, 6) is 2.35. The van der Waals surface area contributed by atoms with E-state index in [4.69, 9.17) is 4.42 Å². The van der Waals surface area contributed by atoms with Crippen LogP contribution in [0.2, 0.25) is 0 Å². The molecule has 1 aromatic heterocycles. The summed E-state index contributed by atoms with van der Waals surface area (Å²) in [5.41, 5.74) is 1.78. The molecule has 0 spiro atoms. The Morgan fingerprint density at radius 1 is 1.17 bits per heavy atom. The second-order valence-electron chi connectivity index (χ2n) is 5.40. The Hall–Kier alpha value is -2.30. The van der Waals surface area contributed by atoms with Crippen molar-refractivity contribution < 1.29 is 8.81 Å². The van der Waals surface area contributed by atoms with E-state index in [1.165, 1.54) is 6.07 Å². The Balaban J connectivity index is 1.91. The maximum Gasteiger partial charge on any atom is 0.191 e. The molecule has 0 fully saturated rings. The Labute approximate surface area is 136 Å². The van der Waals surface area contributed by atoms with E-state index in [-0.39, 0.29) is 5.82 Å². The molecule has 0 atom stereocenters. The van der Waals surface area contributed by atoms with Crippen molar-refractivity contribution in [3.8, 4) is 0 Å². The number of nitrogens with zero attached hydrogens (tertiary/aromatic N) is 1. The molecule has 0 amide bonds. The van der Waals surface area contributed by atoms with Crippen molar-refractivity contribution in [2.45, 2.75) is 33.7 Å². The number of rotatable bonds is 6. The number of nitrogens with one attached hydrogen (secondary N) is 2. The summed E-state index contributed by atoms with van der Waals surface area (Å²) >= 11 is 0. The number of hydrogen-bond donors (Lipinski definition) is 2. The van der Waals surface area contributed by atoms with Gasteiger partial charge in [-0.25, -0.2) is 9.38 Å². The zero-order valence-corrected chi connectivity index (χ0v) is 13.9. The van der Waals surface area contributed by atoms with Gasteiger partial charge in [0, 0.05) is 18.7 Å². The van der Waals surface area contributed by atoms with Crippen LogP contribution in [0.25, 0.3) is 0 Å². The van der Waals surface area contributed by atoms with Crippen LogP contribution in [0.3, 0.4) is 0 Å². The van der Waals surface area contributed by atoms with Crippen LogP contribution in [0.15, 0.2) is 39.7 Å². The summed E-state index contributed by atoms with van der Waals surface area (Å²) in [6.45, 7) is 7.83. The molecule has 23 heavy (non-hydrogen) atoms. The molecule has 1 heterocycles. The minimum atomic E-state index is -0.166. The fourth-order valence-electron chi connectivity index (χ4n) is 2.36. The standard InChI is InChI=1S/C18H24FN3O/c1-4-20-18(22-12-16-11-13(2)23-14(16)3)21-10-9-15-7-5-6-8-17(15)19/h5-8,11H,4,9-10,12H2,1-3H3,(H2,20,21,22). The first kappa shape index (κ1) is 17.1. The number of halogens is 1. The van der Waals surface area contributed by atoms with Crippen molar-refractivity contribution in [1.82, 2.24) is 10.6 Å². The highest BCUT2D eigenvalue weighted by Gasteiger charge is 2.05. The van der Waals surface area contributed by atoms with E-state index in [1.807, 2.05) is 32.9 Å². The summed E-state index contributed by atoms with van der Waals surface area (Å²) in [4.78, 5) is 4.55. The van der Waals surface area contributed by atoms with E-state index in [1.54, 1.807) is 12.1 Å². The van der Waals surface area contributed by atoms with Gasteiger partial charge in [-0.05, 0) is 44.9 Å². The van der Waals surface area contributed by atoms with Gasteiger partial charge < -0.3 is 15.1 Å². The largest absolute Gasteiger partial charge is 0.466 e. The number of guanidine groups is 1. The van der Waals surface area contributed by atoms with Gasteiger partial charge in [-0.1, -0.05) is 18.2 Å². The molecular weight excluding hydrogens is 293 g/mol. The first-order valence-corrected chi connectivity index (χ1v) is 7.91. The van der Waals surface area contributed by atoms with Gasteiger partial charge in [0.2, 0.25) is 0 Å². The van der Waals surface area contributed by atoms with Gasteiger partial charge in [0.25, 0.3) is 0 Å². The topological polar surface area (TPSA) is 49.6 Å². The minimum absolute atomic E-state index is 0.166. The molecule has 1 aromatic carbocycles. The Bertz CT molecular complexity index is 664. The SMILES string of the molecule is CCNC(=NCc1cc(C)oc1C)NCCc1ccccc1F. The summed E-state index contributed by atoms with van der Waals surface area (Å²) in [7, 11) is 0. The average Bonchev–Trinajstić information content (AvgIpc) is 2.84. The van der Waals surface area contributed by atoms with Crippen molar-refractivity contribution in [3.63, 3.8) is 0 Å². The van der Waals surface area contributed by atoms with Crippen LogP contribution in [0.5, 0.6) is 0 Å². The Morgan fingerprint density at radius 3 is 2.61 bits per heavy atom. The van der Waals surface area contributed by atoms with Crippen molar-refractivity contribution in [2.24, 2.45) is 4.99 Å². The van der Waals surface area contributed by atoms with E-state index in [0.717, 1.165) is 29.6 Å². The monoisotopic (exact) mass is 317 g/mol. The van der Waals surface area contributed by atoms with Crippen molar-refractivity contribution in [2.75, 3.05) is 13.1 Å². The number of furan rings is 1. The molecule has 4 nitrogen and oxygen atoms in total. The molecule has 5 heteroatoms. The molecular formula is C18H24FN3O. The third kappa shape index (κ3) is 5.13. The molecule has 0 saturated carbocycles. The zero-order valence-electron chi connectivity index (χ0n) is 13.9. The molecule has 0 radical (unpaired) electrons. The van der Waals surface area contributed by atoms with E-state index in [0.29, 0.717) is 25.1 Å². The Kier molecular flexibility index (Phi) is 6.20. The number of benzene rings is 1. The van der Waals surface area contributed by atoms with Crippen molar-refractivity contribution in [3.05, 3.63) is 58.8 Å².